The molecule has 0 aliphatic heterocycles. The van der Waals surface area contributed by atoms with Crippen LogP contribution in [-0.4, -0.2) is 21.7 Å². The van der Waals surface area contributed by atoms with Crippen LogP contribution in [0.25, 0.3) is 10.9 Å². The van der Waals surface area contributed by atoms with E-state index in [9.17, 15) is 9.90 Å². The summed E-state index contributed by atoms with van der Waals surface area (Å²) in [6.45, 7) is 6.52. The summed E-state index contributed by atoms with van der Waals surface area (Å²) in [5.74, 6) is -1.14. The highest BCUT2D eigenvalue weighted by Gasteiger charge is 2.33. The quantitative estimate of drug-likeness (QED) is 0.914. The zero-order chi connectivity index (χ0) is 16.8. The second-order valence-corrected chi connectivity index (χ2v) is 7.81. The molecule has 0 fully saturated rings. The number of hydrogen-bond acceptors (Lipinski definition) is 2. The lowest BCUT2D eigenvalue weighted by molar-refractivity contribution is -0.146. The normalized spacial score (nSPS) is 19.6. The smallest absolute Gasteiger partial charge is 0.308 e. The monoisotopic (exact) mass is 314 g/mol. The highest BCUT2D eigenvalue weighted by molar-refractivity contribution is 5.86. The number of benzene rings is 1. The van der Waals surface area contributed by atoms with E-state index in [1.807, 2.05) is 32.9 Å². The molecule has 2 aromatic rings. The molecule has 0 saturated heterocycles. The average molecular weight is 314 g/mol. The number of carboxylic acids is 1. The Balaban J connectivity index is 2.12. The molecule has 0 radical (unpaired) electrons. The summed E-state index contributed by atoms with van der Waals surface area (Å²) in [6.07, 6.45) is 2.79. The Kier molecular flexibility index (Phi) is 3.96. The van der Waals surface area contributed by atoms with Crippen LogP contribution in [0.4, 0.5) is 0 Å². The predicted molar refractivity (Wildman–Crippen MR) is 92.5 cm³/mol. The summed E-state index contributed by atoms with van der Waals surface area (Å²) in [4.78, 5) is 11.8. The summed E-state index contributed by atoms with van der Waals surface area (Å²) >= 11 is 0. The van der Waals surface area contributed by atoms with Gasteiger partial charge in [0.15, 0.2) is 0 Å². The number of hydrogen-bond donors (Lipinski definition) is 2. The van der Waals surface area contributed by atoms with Gasteiger partial charge in [-0.1, -0.05) is 39.0 Å². The Morgan fingerprint density at radius 3 is 2.74 bits per heavy atom. The largest absolute Gasteiger partial charge is 0.481 e. The molecule has 1 aromatic heterocycles. The third-order valence-corrected chi connectivity index (χ3v) is 5.12. The topological polar surface area (TPSA) is 68.2 Å². The van der Waals surface area contributed by atoms with E-state index in [-0.39, 0.29) is 11.5 Å². The van der Waals surface area contributed by atoms with Gasteiger partial charge in [-0.3, -0.25) is 4.79 Å². The average Bonchev–Trinajstić information content (AvgIpc) is 2.77. The van der Waals surface area contributed by atoms with Crippen LogP contribution in [0.15, 0.2) is 24.3 Å². The fourth-order valence-electron chi connectivity index (χ4n) is 3.74. The van der Waals surface area contributed by atoms with E-state index in [1.165, 1.54) is 16.6 Å². The van der Waals surface area contributed by atoms with Crippen LogP contribution in [0.2, 0.25) is 0 Å². The minimum Gasteiger partial charge on any atom is -0.481 e. The third kappa shape index (κ3) is 2.88. The van der Waals surface area contributed by atoms with Crippen LogP contribution in [0.3, 0.4) is 0 Å². The maximum absolute atomic E-state index is 11.8. The summed E-state index contributed by atoms with van der Waals surface area (Å²) < 4.78 is 2.24. The van der Waals surface area contributed by atoms with Crippen molar-refractivity contribution in [2.24, 2.45) is 17.1 Å². The number of rotatable bonds is 3. The van der Waals surface area contributed by atoms with Gasteiger partial charge in [-0.2, -0.15) is 0 Å². The van der Waals surface area contributed by atoms with Crippen LogP contribution in [0, 0.1) is 11.3 Å². The van der Waals surface area contributed by atoms with Gasteiger partial charge in [0.25, 0.3) is 0 Å². The van der Waals surface area contributed by atoms with Crippen molar-refractivity contribution in [3.05, 3.63) is 35.5 Å². The van der Waals surface area contributed by atoms with Crippen molar-refractivity contribution in [3.8, 4) is 0 Å². The van der Waals surface area contributed by atoms with Gasteiger partial charge in [0.1, 0.15) is 0 Å². The Bertz CT molecular complexity index is 740. The van der Waals surface area contributed by atoms with E-state index in [1.54, 1.807) is 0 Å². The fourth-order valence-corrected chi connectivity index (χ4v) is 3.74. The SMILES string of the molecule is CC(C)(C)C(Cn1c2c(c3ccccc31)CC(N)CC2)C(=O)O. The Hall–Kier alpha value is -1.81. The number of nitrogens with two attached hydrogens (primary N) is 1. The maximum atomic E-state index is 11.8. The van der Waals surface area contributed by atoms with Gasteiger partial charge >= 0.3 is 5.97 Å². The van der Waals surface area contributed by atoms with Crippen molar-refractivity contribution >= 4 is 16.9 Å². The van der Waals surface area contributed by atoms with Gasteiger partial charge in [0.2, 0.25) is 0 Å². The van der Waals surface area contributed by atoms with Crippen molar-refractivity contribution in [1.82, 2.24) is 4.57 Å². The third-order valence-electron chi connectivity index (χ3n) is 5.12. The van der Waals surface area contributed by atoms with Crippen molar-refractivity contribution in [2.75, 3.05) is 0 Å². The first-order chi connectivity index (χ1) is 10.8. The Morgan fingerprint density at radius 2 is 2.09 bits per heavy atom. The molecule has 1 heterocycles. The molecule has 0 spiro atoms. The molecule has 1 aromatic carbocycles. The molecule has 1 aliphatic rings. The van der Waals surface area contributed by atoms with E-state index in [0.717, 1.165) is 24.8 Å². The molecule has 3 rings (SSSR count). The minimum absolute atomic E-state index is 0.208. The number of carboxylic acid groups (broad SMARTS) is 1. The molecule has 4 heteroatoms. The lowest BCUT2D eigenvalue weighted by atomic mass is 9.80. The highest BCUT2D eigenvalue weighted by atomic mass is 16.4. The molecular weight excluding hydrogens is 288 g/mol. The first kappa shape index (κ1) is 16.1. The molecular formula is C19H26N2O2. The summed E-state index contributed by atoms with van der Waals surface area (Å²) in [5.41, 5.74) is 9.62. The number of nitrogens with zero attached hydrogens (tertiary/aromatic N) is 1. The fraction of sp³-hybridized carbons (Fsp3) is 0.526. The summed E-state index contributed by atoms with van der Waals surface area (Å²) in [6, 6.07) is 8.51. The van der Waals surface area contributed by atoms with E-state index >= 15 is 0 Å². The lowest BCUT2D eigenvalue weighted by Gasteiger charge is -2.29. The van der Waals surface area contributed by atoms with Crippen molar-refractivity contribution in [3.63, 3.8) is 0 Å². The molecule has 0 bridgehead atoms. The second kappa shape index (κ2) is 5.68. The van der Waals surface area contributed by atoms with Gasteiger partial charge in [-0.15, -0.1) is 0 Å². The molecule has 4 nitrogen and oxygen atoms in total. The molecule has 2 unspecified atom stereocenters. The predicted octanol–water partition coefficient (Wildman–Crippen LogP) is 3.20. The van der Waals surface area contributed by atoms with Crippen molar-refractivity contribution < 1.29 is 9.90 Å². The van der Waals surface area contributed by atoms with Gasteiger partial charge in [-0.05, 0) is 36.3 Å². The van der Waals surface area contributed by atoms with Gasteiger partial charge in [0.05, 0.1) is 5.92 Å². The van der Waals surface area contributed by atoms with Crippen LogP contribution < -0.4 is 5.73 Å². The molecule has 0 saturated carbocycles. The molecule has 23 heavy (non-hydrogen) atoms. The Morgan fingerprint density at radius 1 is 1.39 bits per heavy atom. The first-order valence-electron chi connectivity index (χ1n) is 8.36. The van der Waals surface area contributed by atoms with Gasteiger partial charge in [-0.25, -0.2) is 0 Å². The summed E-state index contributed by atoms with van der Waals surface area (Å²) in [5, 5.41) is 10.9. The first-order valence-corrected chi connectivity index (χ1v) is 8.36. The molecule has 3 N–H and O–H groups in total. The lowest BCUT2D eigenvalue weighted by Crippen LogP contribution is -2.34. The zero-order valence-corrected chi connectivity index (χ0v) is 14.2. The zero-order valence-electron chi connectivity index (χ0n) is 14.2. The van der Waals surface area contributed by atoms with Gasteiger partial charge in [0, 0.05) is 29.2 Å². The van der Waals surface area contributed by atoms with Crippen molar-refractivity contribution in [2.45, 2.75) is 52.6 Å². The Labute approximate surface area is 137 Å². The van der Waals surface area contributed by atoms with Gasteiger partial charge < -0.3 is 15.4 Å². The van der Waals surface area contributed by atoms with E-state index in [4.69, 9.17) is 5.73 Å². The maximum Gasteiger partial charge on any atom is 0.308 e. The number of para-hydroxylation sites is 1. The van der Waals surface area contributed by atoms with Crippen molar-refractivity contribution in [1.29, 1.82) is 0 Å². The van der Waals surface area contributed by atoms with E-state index in [2.05, 4.69) is 16.7 Å². The number of fused-ring (bicyclic) bond motifs is 3. The standard InChI is InChI=1S/C19H26N2O2/c1-19(2,3)15(18(22)23)11-21-16-7-5-4-6-13(16)14-10-12(20)8-9-17(14)21/h4-7,12,15H,8-11,20H2,1-3H3,(H,22,23). The minimum atomic E-state index is -0.725. The number of aromatic nitrogens is 1. The van der Waals surface area contributed by atoms with E-state index < -0.39 is 11.9 Å². The molecule has 2 atom stereocenters. The number of aliphatic carboxylic acids is 1. The molecule has 1 aliphatic carbocycles. The van der Waals surface area contributed by atoms with E-state index in [0.29, 0.717) is 6.54 Å². The van der Waals surface area contributed by atoms with Crippen LogP contribution in [-0.2, 0) is 24.2 Å². The number of carbonyl (C=O) groups is 1. The van der Waals surface area contributed by atoms with Crippen LogP contribution >= 0.6 is 0 Å². The second-order valence-electron chi connectivity index (χ2n) is 7.81. The van der Waals surface area contributed by atoms with Crippen LogP contribution in [0.1, 0.15) is 38.4 Å². The molecule has 0 amide bonds. The van der Waals surface area contributed by atoms with Crippen LogP contribution in [0.5, 0.6) is 0 Å². The molecule has 124 valence electrons. The highest BCUT2D eigenvalue weighted by Crippen LogP contribution is 2.35. The summed E-state index contributed by atoms with van der Waals surface area (Å²) in [7, 11) is 0.